The fraction of sp³-hybridized carbons (Fsp3) is 0.917. The summed E-state index contributed by atoms with van der Waals surface area (Å²) < 4.78 is 0. The third kappa shape index (κ3) is 2.57. The van der Waals surface area contributed by atoms with Gasteiger partial charge in [0.25, 0.3) is 0 Å². The molecule has 1 unspecified atom stereocenters. The molecule has 0 heterocycles. The zero-order valence-corrected chi connectivity index (χ0v) is 9.75. The maximum Gasteiger partial charge on any atom is 0.127 e. The van der Waals surface area contributed by atoms with Gasteiger partial charge in [-0.15, -0.1) is 0 Å². The summed E-state index contributed by atoms with van der Waals surface area (Å²) in [5.41, 5.74) is -0.0157. The number of rotatable bonds is 5. The van der Waals surface area contributed by atoms with Gasteiger partial charge in [-0.05, 0) is 33.2 Å². The van der Waals surface area contributed by atoms with Crippen molar-refractivity contribution in [1.29, 1.82) is 0 Å². The molecule has 0 N–H and O–H groups in total. The van der Waals surface area contributed by atoms with Gasteiger partial charge >= 0.3 is 0 Å². The van der Waals surface area contributed by atoms with E-state index in [1.165, 1.54) is 19.1 Å². The third-order valence-corrected chi connectivity index (χ3v) is 3.76. The van der Waals surface area contributed by atoms with Crippen LogP contribution in [0.2, 0.25) is 0 Å². The standard InChI is InChI=1S/C12H23NO/c1-4-11(2)13(3)9-12(10-14)7-5-6-8-12/h10-11H,4-9H2,1-3H3. The SMILES string of the molecule is CCC(C)N(C)CC1(C=O)CCCC1. The molecule has 0 aromatic heterocycles. The molecule has 1 fully saturated rings. The van der Waals surface area contributed by atoms with Gasteiger partial charge in [0.15, 0.2) is 0 Å². The molecule has 1 rings (SSSR count). The van der Waals surface area contributed by atoms with E-state index in [4.69, 9.17) is 0 Å². The summed E-state index contributed by atoms with van der Waals surface area (Å²) >= 11 is 0. The smallest absolute Gasteiger partial charge is 0.127 e. The lowest BCUT2D eigenvalue weighted by Gasteiger charge is -2.32. The number of carbonyl (C=O) groups excluding carboxylic acids is 1. The van der Waals surface area contributed by atoms with E-state index in [1.807, 2.05) is 0 Å². The van der Waals surface area contributed by atoms with Gasteiger partial charge in [-0.25, -0.2) is 0 Å². The summed E-state index contributed by atoms with van der Waals surface area (Å²) in [7, 11) is 2.14. The third-order valence-electron chi connectivity index (χ3n) is 3.76. The van der Waals surface area contributed by atoms with E-state index in [1.54, 1.807) is 0 Å². The van der Waals surface area contributed by atoms with Crippen molar-refractivity contribution in [3.8, 4) is 0 Å². The van der Waals surface area contributed by atoms with Gasteiger partial charge in [-0.3, -0.25) is 0 Å². The van der Waals surface area contributed by atoms with Gasteiger partial charge in [0, 0.05) is 18.0 Å². The van der Waals surface area contributed by atoms with Crippen molar-refractivity contribution in [2.75, 3.05) is 13.6 Å². The van der Waals surface area contributed by atoms with Gasteiger partial charge in [0.1, 0.15) is 6.29 Å². The molecular weight excluding hydrogens is 174 g/mol. The van der Waals surface area contributed by atoms with Gasteiger partial charge < -0.3 is 9.69 Å². The monoisotopic (exact) mass is 197 g/mol. The maximum atomic E-state index is 11.1. The van der Waals surface area contributed by atoms with E-state index in [9.17, 15) is 4.79 Å². The summed E-state index contributed by atoms with van der Waals surface area (Å²) in [6, 6.07) is 0.590. The molecule has 0 radical (unpaired) electrons. The van der Waals surface area contributed by atoms with Crippen molar-refractivity contribution in [2.45, 2.75) is 52.0 Å². The van der Waals surface area contributed by atoms with E-state index < -0.39 is 0 Å². The molecule has 0 aliphatic heterocycles. The average molecular weight is 197 g/mol. The Morgan fingerprint density at radius 1 is 1.43 bits per heavy atom. The Labute approximate surface area is 87.7 Å². The molecule has 0 aromatic rings. The molecule has 2 nitrogen and oxygen atoms in total. The van der Waals surface area contributed by atoms with Crippen LogP contribution in [0.3, 0.4) is 0 Å². The molecule has 1 saturated carbocycles. The number of hydrogen-bond acceptors (Lipinski definition) is 2. The first-order valence-electron chi connectivity index (χ1n) is 5.80. The number of nitrogens with zero attached hydrogens (tertiary/aromatic N) is 1. The van der Waals surface area contributed by atoms with E-state index in [0.717, 1.165) is 25.8 Å². The van der Waals surface area contributed by atoms with Crippen LogP contribution in [0.4, 0.5) is 0 Å². The van der Waals surface area contributed by atoms with E-state index in [-0.39, 0.29) is 5.41 Å². The second-order valence-corrected chi connectivity index (χ2v) is 4.86. The molecule has 82 valence electrons. The van der Waals surface area contributed by atoms with Crippen molar-refractivity contribution >= 4 is 6.29 Å². The van der Waals surface area contributed by atoms with Crippen LogP contribution in [-0.4, -0.2) is 30.8 Å². The molecule has 0 bridgehead atoms. The molecule has 1 atom stereocenters. The molecule has 0 aromatic carbocycles. The number of aldehydes is 1. The van der Waals surface area contributed by atoms with Crippen molar-refractivity contribution < 1.29 is 4.79 Å². The van der Waals surface area contributed by atoms with Crippen molar-refractivity contribution in [3.05, 3.63) is 0 Å². The normalized spacial score (nSPS) is 22.6. The van der Waals surface area contributed by atoms with Crippen LogP contribution in [-0.2, 0) is 4.79 Å². The number of hydrogen-bond donors (Lipinski definition) is 0. The quantitative estimate of drug-likeness (QED) is 0.631. The Morgan fingerprint density at radius 2 is 2.00 bits per heavy atom. The molecule has 14 heavy (non-hydrogen) atoms. The zero-order valence-electron chi connectivity index (χ0n) is 9.75. The Kier molecular flexibility index (Phi) is 4.11. The second kappa shape index (κ2) is 4.92. The van der Waals surface area contributed by atoms with Crippen molar-refractivity contribution in [3.63, 3.8) is 0 Å². The summed E-state index contributed by atoms with van der Waals surface area (Å²) in [5.74, 6) is 0. The first-order chi connectivity index (χ1) is 6.63. The molecule has 1 aliphatic rings. The van der Waals surface area contributed by atoms with E-state index in [2.05, 4.69) is 25.8 Å². The van der Waals surface area contributed by atoms with Crippen LogP contribution in [0.25, 0.3) is 0 Å². The van der Waals surface area contributed by atoms with Gasteiger partial charge in [-0.1, -0.05) is 19.8 Å². The molecule has 0 spiro atoms. The summed E-state index contributed by atoms with van der Waals surface area (Å²) in [6.45, 7) is 5.38. The van der Waals surface area contributed by atoms with Crippen molar-refractivity contribution in [2.24, 2.45) is 5.41 Å². The highest BCUT2D eigenvalue weighted by Crippen LogP contribution is 2.36. The fourth-order valence-electron chi connectivity index (χ4n) is 2.36. The Bertz CT molecular complexity index is 185. The lowest BCUT2D eigenvalue weighted by Crippen LogP contribution is -2.39. The molecular formula is C12H23NO. The van der Waals surface area contributed by atoms with Crippen LogP contribution >= 0.6 is 0 Å². The summed E-state index contributed by atoms with van der Waals surface area (Å²) in [5, 5.41) is 0. The topological polar surface area (TPSA) is 20.3 Å². The minimum Gasteiger partial charge on any atom is -0.303 e. The van der Waals surface area contributed by atoms with Crippen LogP contribution in [0.15, 0.2) is 0 Å². The van der Waals surface area contributed by atoms with Crippen molar-refractivity contribution in [1.82, 2.24) is 4.90 Å². The molecule has 2 heteroatoms. The highest BCUT2D eigenvalue weighted by atomic mass is 16.1. The lowest BCUT2D eigenvalue weighted by atomic mass is 9.87. The van der Waals surface area contributed by atoms with E-state index in [0.29, 0.717) is 6.04 Å². The summed E-state index contributed by atoms with van der Waals surface area (Å²) in [4.78, 5) is 13.5. The first-order valence-corrected chi connectivity index (χ1v) is 5.80. The predicted molar refractivity (Wildman–Crippen MR) is 59.3 cm³/mol. The van der Waals surface area contributed by atoms with Crippen LogP contribution in [0.1, 0.15) is 46.0 Å². The number of carbonyl (C=O) groups is 1. The van der Waals surface area contributed by atoms with Gasteiger partial charge in [0.05, 0.1) is 0 Å². The molecule has 1 aliphatic carbocycles. The van der Waals surface area contributed by atoms with Crippen LogP contribution in [0.5, 0.6) is 0 Å². The average Bonchev–Trinajstić information content (AvgIpc) is 2.65. The largest absolute Gasteiger partial charge is 0.303 e. The van der Waals surface area contributed by atoms with Gasteiger partial charge in [0.2, 0.25) is 0 Å². The van der Waals surface area contributed by atoms with Crippen LogP contribution in [0, 0.1) is 5.41 Å². The minimum atomic E-state index is -0.0157. The highest BCUT2D eigenvalue weighted by Gasteiger charge is 2.35. The lowest BCUT2D eigenvalue weighted by molar-refractivity contribution is -0.117. The Hall–Kier alpha value is -0.370. The Morgan fingerprint density at radius 3 is 2.43 bits per heavy atom. The zero-order chi connectivity index (χ0) is 10.6. The minimum absolute atomic E-state index is 0.0157. The molecule has 0 amide bonds. The van der Waals surface area contributed by atoms with Gasteiger partial charge in [-0.2, -0.15) is 0 Å². The maximum absolute atomic E-state index is 11.1. The predicted octanol–water partition coefficient (Wildman–Crippen LogP) is 2.48. The van der Waals surface area contributed by atoms with E-state index >= 15 is 0 Å². The fourth-order valence-corrected chi connectivity index (χ4v) is 2.36. The second-order valence-electron chi connectivity index (χ2n) is 4.86. The first kappa shape index (κ1) is 11.7. The molecule has 0 saturated heterocycles. The Balaban J connectivity index is 2.51. The van der Waals surface area contributed by atoms with Crippen LogP contribution < -0.4 is 0 Å². The highest BCUT2D eigenvalue weighted by molar-refractivity contribution is 5.60. The summed E-state index contributed by atoms with van der Waals surface area (Å²) in [6.07, 6.45) is 7.01.